The summed E-state index contributed by atoms with van der Waals surface area (Å²) in [4.78, 5) is 30.5. The summed E-state index contributed by atoms with van der Waals surface area (Å²) in [5, 5.41) is 11.7. The Labute approximate surface area is 135 Å². The second kappa shape index (κ2) is 8.01. The SMILES string of the molecule is CCOCCC1(CNC(=O)c2cnc(C(=O)O)cn2)CCCC1. The Morgan fingerprint density at radius 1 is 1.26 bits per heavy atom. The van der Waals surface area contributed by atoms with Gasteiger partial charge >= 0.3 is 5.97 Å². The minimum Gasteiger partial charge on any atom is -0.476 e. The van der Waals surface area contributed by atoms with Crippen LogP contribution in [-0.4, -0.2) is 46.7 Å². The van der Waals surface area contributed by atoms with Crippen LogP contribution in [0.1, 0.15) is 60.0 Å². The molecule has 0 spiro atoms. The van der Waals surface area contributed by atoms with Gasteiger partial charge in [0.15, 0.2) is 5.69 Å². The smallest absolute Gasteiger partial charge is 0.356 e. The second-order valence-electron chi connectivity index (χ2n) is 5.93. The van der Waals surface area contributed by atoms with Crippen molar-refractivity contribution in [3.63, 3.8) is 0 Å². The average molecular weight is 321 g/mol. The van der Waals surface area contributed by atoms with E-state index in [4.69, 9.17) is 9.84 Å². The zero-order valence-electron chi connectivity index (χ0n) is 13.4. The molecule has 1 amide bonds. The van der Waals surface area contributed by atoms with Crippen molar-refractivity contribution in [1.29, 1.82) is 0 Å². The molecular weight excluding hydrogens is 298 g/mol. The highest BCUT2D eigenvalue weighted by molar-refractivity contribution is 5.92. The maximum atomic E-state index is 12.2. The van der Waals surface area contributed by atoms with Crippen LogP contribution < -0.4 is 5.32 Å². The van der Waals surface area contributed by atoms with Crippen LogP contribution in [-0.2, 0) is 4.74 Å². The minimum atomic E-state index is -1.16. The van der Waals surface area contributed by atoms with Crippen molar-refractivity contribution in [3.8, 4) is 0 Å². The summed E-state index contributed by atoms with van der Waals surface area (Å²) >= 11 is 0. The maximum absolute atomic E-state index is 12.2. The minimum absolute atomic E-state index is 0.0965. The van der Waals surface area contributed by atoms with Crippen LogP contribution in [0, 0.1) is 5.41 Å². The number of carbonyl (C=O) groups excluding carboxylic acids is 1. The van der Waals surface area contributed by atoms with Crippen molar-refractivity contribution >= 4 is 11.9 Å². The quantitative estimate of drug-likeness (QED) is 0.709. The third-order valence-electron chi connectivity index (χ3n) is 4.37. The molecule has 7 heteroatoms. The predicted molar refractivity (Wildman–Crippen MR) is 83.3 cm³/mol. The molecule has 0 aliphatic heterocycles. The monoisotopic (exact) mass is 321 g/mol. The van der Waals surface area contributed by atoms with Gasteiger partial charge in [0.05, 0.1) is 12.4 Å². The molecule has 0 radical (unpaired) electrons. The van der Waals surface area contributed by atoms with Gasteiger partial charge < -0.3 is 15.2 Å². The summed E-state index contributed by atoms with van der Waals surface area (Å²) in [6.07, 6.45) is 7.75. The maximum Gasteiger partial charge on any atom is 0.356 e. The molecule has 2 rings (SSSR count). The van der Waals surface area contributed by atoms with Gasteiger partial charge in [0, 0.05) is 19.8 Å². The van der Waals surface area contributed by atoms with Crippen LogP contribution in [0.15, 0.2) is 12.4 Å². The van der Waals surface area contributed by atoms with Crippen LogP contribution in [0.25, 0.3) is 0 Å². The zero-order valence-corrected chi connectivity index (χ0v) is 13.4. The van der Waals surface area contributed by atoms with E-state index in [0.717, 1.165) is 25.5 Å². The summed E-state index contributed by atoms with van der Waals surface area (Å²) in [6, 6.07) is 0. The molecule has 1 aliphatic carbocycles. The fourth-order valence-electron chi connectivity index (χ4n) is 2.99. The van der Waals surface area contributed by atoms with E-state index in [0.29, 0.717) is 19.8 Å². The lowest BCUT2D eigenvalue weighted by Gasteiger charge is -2.29. The largest absolute Gasteiger partial charge is 0.476 e. The number of carboxylic acids is 1. The van der Waals surface area contributed by atoms with Gasteiger partial charge in [0.25, 0.3) is 5.91 Å². The molecule has 2 N–H and O–H groups in total. The molecule has 0 atom stereocenters. The molecule has 1 heterocycles. The van der Waals surface area contributed by atoms with Gasteiger partial charge in [0.2, 0.25) is 0 Å². The molecule has 1 aliphatic rings. The van der Waals surface area contributed by atoms with Gasteiger partial charge in [0.1, 0.15) is 5.69 Å². The number of aromatic nitrogens is 2. The summed E-state index contributed by atoms with van der Waals surface area (Å²) in [7, 11) is 0. The lowest BCUT2D eigenvalue weighted by molar-refractivity contribution is 0.0689. The Hall–Kier alpha value is -2.02. The Balaban J connectivity index is 1.92. The Bertz CT molecular complexity index is 539. The first-order chi connectivity index (χ1) is 11.1. The van der Waals surface area contributed by atoms with Gasteiger partial charge in [-0.15, -0.1) is 0 Å². The number of carbonyl (C=O) groups is 2. The predicted octanol–water partition coefficient (Wildman–Crippen LogP) is 1.89. The van der Waals surface area contributed by atoms with E-state index >= 15 is 0 Å². The lowest BCUT2D eigenvalue weighted by atomic mass is 9.83. The molecule has 1 fully saturated rings. The molecule has 0 aromatic carbocycles. The fourth-order valence-corrected chi connectivity index (χ4v) is 2.99. The summed E-state index contributed by atoms with van der Waals surface area (Å²) in [5.74, 6) is -1.48. The van der Waals surface area contributed by atoms with E-state index in [2.05, 4.69) is 15.3 Å². The first kappa shape index (κ1) is 17.3. The zero-order chi connectivity index (χ0) is 16.7. The molecule has 1 saturated carbocycles. The fraction of sp³-hybridized carbons (Fsp3) is 0.625. The van der Waals surface area contributed by atoms with Crippen molar-refractivity contribution in [2.45, 2.75) is 39.0 Å². The van der Waals surface area contributed by atoms with Crippen molar-refractivity contribution < 1.29 is 19.4 Å². The number of aromatic carboxylic acids is 1. The average Bonchev–Trinajstić information content (AvgIpc) is 3.02. The molecular formula is C16H23N3O4. The highest BCUT2D eigenvalue weighted by atomic mass is 16.5. The van der Waals surface area contributed by atoms with E-state index in [9.17, 15) is 9.59 Å². The summed E-state index contributed by atoms with van der Waals surface area (Å²) in [5.41, 5.74) is 0.0534. The Morgan fingerprint density at radius 3 is 2.48 bits per heavy atom. The van der Waals surface area contributed by atoms with Crippen molar-refractivity contribution in [1.82, 2.24) is 15.3 Å². The molecule has 0 saturated heterocycles. The number of ether oxygens (including phenoxy) is 1. The Kier molecular flexibility index (Phi) is 6.04. The van der Waals surface area contributed by atoms with Crippen LogP contribution in [0.4, 0.5) is 0 Å². The topological polar surface area (TPSA) is 101 Å². The van der Waals surface area contributed by atoms with E-state index in [1.54, 1.807) is 0 Å². The van der Waals surface area contributed by atoms with Gasteiger partial charge in [-0.05, 0) is 31.6 Å². The number of rotatable bonds is 8. The number of carboxylic acid groups (broad SMARTS) is 1. The highest BCUT2D eigenvalue weighted by Crippen LogP contribution is 2.40. The number of nitrogens with one attached hydrogen (secondary N) is 1. The van der Waals surface area contributed by atoms with Crippen LogP contribution >= 0.6 is 0 Å². The van der Waals surface area contributed by atoms with E-state index < -0.39 is 5.97 Å². The number of amides is 1. The number of nitrogens with zero attached hydrogens (tertiary/aromatic N) is 2. The third-order valence-corrected chi connectivity index (χ3v) is 4.37. The molecule has 126 valence electrons. The Morgan fingerprint density at radius 2 is 1.91 bits per heavy atom. The number of hydrogen-bond donors (Lipinski definition) is 2. The van der Waals surface area contributed by atoms with Gasteiger partial charge in [-0.25, -0.2) is 14.8 Å². The normalized spacial score (nSPS) is 16.2. The second-order valence-corrected chi connectivity index (χ2v) is 5.93. The molecule has 7 nitrogen and oxygen atoms in total. The molecule has 23 heavy (non-hydrogen) atoms. The third kappa shape index (κ3) is 4.72. The first-order valence-electron chi connectivity index (χ1n) is 7.98. The van der Waals surface area contributed by atoms with E-state index in [1.807, 2.05) is 6.92 Å². The van der Waals surface area contributed by atoms with Crippen LogP contribution in [0.5, 0.6) is 0 Å². The van der Waals surface area contributed by atoms with Crippen LogP contribution in [0.3, 0.4) is 0 Å². The number of hydrogen-bond acceptors (Lipinski definition) is 5. The molecule has 1 aromatic rings. The van der Waals surface area contributed by atoms with E-state index in [-0.39, 0.29) is 22.7 Å². The van der Waals surface area contributed by atoms with Crippen LogP contribution in [0.2, 0.25) is 0 Å². The first-order valence-corrected chi connectivity index (χ1v) is 7.98. The van der Waals surface area contributed by atoms with E-state index in [1.165, 1.54) is 19.0 Å². The standard InChI is InChI=1S/C16H23N3O4/c1-2-23-8-7-16(5-3-4-6-16)11-19-14(20)12-9-18-13(10-17-12)15(21)22/h9-10H,2-8,11H2,1H3,(H,19,20)(H,21,22). The summed E-state index contributed by atoms with van der Waals surface area (Å²) < 4.78 is 5.46. The molecule has 0 bridgehead atoms. The molecule has 1 aromatic heterocycles. The lowest BCUT2D eigenvalue weighted by Crippen LogP contribution is -2.37. The van der Waals surface area contributed by atoms with Crippen molar-refractivity contribution in [3.05, 3.63) is 23.8 Å². The summed E-state index contributed by atoms with van der Waals surface area (Å²) in [6.45, 7) is 3.97. The van der Waals surface area contributed by atoms with Crippen molar-refractivity contribution in [2.24, 2.45) is 5.41 Å². The van der Waals surface area contributed by atoms with Gasteiger partial charge in [-0.3, -0.25) is 4.79 Å². The van der Waals surface area contributed by atoms with Gasteiger partial charge in [-0.2, -0.15) is 0 Å². The highest BCUT2D eigenvalue weighted by Gasteiger charge is 2.34. The van der Waals surface area contributed by atoms with Crippen molar-refractivity contribution in [2.75, 3.05) is 19.8 Å². The molecule has 0 unspecified atom stereocenters. The van der Waals surface area contributed by atoms with Gasteiger partial charge in [-0.1, -0.05) is 12.8 Å².